The van der Waals surface area contributed by atoms with Crippen LogP contribution in [-0.2, 0) is 11.9 Å². The average Bonchev–Trinajstić information content (AvgIpc) is 3.32. The van der Waals surface area contributed by atoms with Gasteiger partial charge in [0.2, 0.25) is 5.89 Å². The second kappa shape index (κ2) is 8.52. The van der Waals surface area contributed by atoms with Crippen LogP contribution in [0, 0.1) is 6.92 Å². The normalized spacial score (nSPS) is 11.8. The first-order valence-electron chi connectivity index (χ1n) is 8.73. The van der Waals surface area contributed by atoms with Crippen LogP contribution in [0.25, 0.3) is 17.1 Å². The highest BCUT2D eigenvalue weighted by Crippen LogP contribution is 2.38. The number of benzene rings is 2. The maximum Gasteiger partial charge on any atom is 0.417 e. The van der Waals surface area contributed by atoms with Crippen molar-refractivity contribution in [1.29, 1.82) is 0 Å². The summed E-state index contributed by atoms with van der Waals surface area (Å²) in [7, 11) is 0. The van der Waals surface area contributed by atoms with Gasteiger partial charge in [0.1, 0.15) is 0 Å². The summed E-state index contributed by atoms with van der Waals surface area (Å²) in [5.74, 6) is 1.44. The predicted molar refractivity (Wildman–Crippen MR) is 110 cm³/mol. The van der Waals surface area contributed by atoms with Gasteiger partial charge >= 0.3 is 6.18 Å². The first-order chi connectivity index (χ1) is 14.7. The number of rotatable bonds is 5. The highest BCUT2D eigenvalue weighted by atomic mass is 35.5. The molecule has 2 heterocycles. The summed E-state index contributed by atoms with van der Waals surface area (Å²) in [4.78, 5) is 4.12. The third-order valence-corrected chi connectivity index (χ3v) is 5.62. The first-order valence-corrected chi connectivity index (χ1v) is 10.5. The van der Waals surface area contributed by atoms with Crippen molar-refractivity contribution < 1.29 is 17.7 Å². The molecule has 4 rings (SSSR count). The van der Waals surface area contributed by atoms with Gasteiger partial charge in [0.25, 0.3) is 0 Å². The van der Waals surface area contributed by atoms with Crippen molar-refractivity contribution in [2.75, 3.05) is 0 Å². The Bertz CT molecular complexity index is 1240. The molecule has 0 aliphatic carbocycles. The Morgan fingerprint density at radius 2 is 1.90 bits per heavy atom. The van der Waals surface area contributed by atoms with Crippen molar-refractivity contribution in [3.05, 3.63) is 69.8 Å². The molecule has 0 spiro atoms. The van der Waals surface area contributed by atoms with E-state index in [2.05, 4.69) is 20.3 Å². The van der Waals surface area contributed by atoms with Crippen molar-refractivity contribution >= 4 is 35.0 Å². The van der Waals surface area contributed by atoms with Crippen molar-refractivity contribution in [3.63, 3.8) is 0 Å². The largest absolute Gasteiger partial charge is 0.417 e. The number of alkyl halides is 3. The molecule has 0 aliphatic rings. The molecule has 0 amide bonds. The molecule has 4 aromatic rings. The summed E-state index contributed by atoms with van der Waals surface area (Å²) in [6.07, 6.45) is -4.62. The Morgan fingerprint density at radius 3 is 2.58 bits per heavy atom. The van der Waals surface area contributed by atoms with E-state index in [0.29, 0.717) is 33.3 Å². The van der Waals surface area contributed by atoms with E-state index >= 15 is 0 Å². The first kappa shape index (κ1) is 21.7. The third-order valence-electron chi connectivity index (χ3n) is 4.13. The molecule has 0 bridgehead atoms. The van der Waals surface area contributed by atoms with E-state index in [1.807, 2.05) is 0 Å². The average molecular weight is 486 g/mol. The molecular weight excluding hydrogens is 474 g/mol. The van der Waals surface area contributed by atoms with Crippen LogP contribution in [-0.4, -0.2) is 24.9 Å². The number of aromatic nitrogens is 5. The van der Waals surface area contributed by atoms with Crippen LogP contribution in [0.5, 0.6) is 0 Å². The van der Waals surface area contributed by atoms with Crippen LogP contribution < -0.4 is 0 Å². The van der Waals surface area contributed by atoms with Crippen LogP contribution in [0.2, 0.25) is 10.0 Å². The number of halogens is 5. The third kappa shape index (κ3) is 4.70. The molecule has 160 valence electrons. The summed E-state index contributed by atoms with van der Waals surface area (Å²) >= 11 is 13.1. The molecule has 0 radical (unpaired) electrons. The lowest BCUT2D eigenvalue weighted by atomic mass is 10.1. The zero-order valence-corrected chi connectivity index (χ0v) is 18.0. The topological polar surface area (TPSA) is 69.6 Å². The van der Waals surface area contributed by atoms with Crippen LogP contribution in [0.4, 0.5) is 13.2 Å². The van der Waals surface area contributed by atoms with E-state index in [4.69, 9.17) is 27.7 Å². The molecular formula is C19H12Cl2F3N5OS. The second-order valence-corrected chi connectivity index (χ2v) is 8.12. The van der Waals surface area contributed by atoms with Crippen molar-refractivity contribution in [1.82, 2.24) is 24.9 Å². The molecule has 12 heteroatoms. The lowest BCUT2D eigenvalue weighted by molar-refractivity contribution is -0.137. The number of aryl methyl sites for hydroxylation is 1. The molecule has 2 aromatic carbocycles. The molecule has 0 saturated heterocycles. The number of hydrogen-bond acceptors (Lipinski definition) is 6. The fourth-order valence-electron chi connectivity index (χ4n) is 2.81. The van der Waals surface area contributed by atoms with Crippen LogP contribution in [0.3, 0.4) is 0 Å². The molecule has 0 unspecified atom stereocenters. The summed E-state index contributed by atoms with van der Waals surface area (Å²) in [6, 6.07) is 10.4. The maximum absolute atomic E-state index is 13.4. The standard InChI is InChI=1S/C19H12Cl2F3N5OS/c1-10-25-16(28-30-10)9-31-18-27-26-17(11-3-2-4-12(20)7-11)29(18)13-5-6-15(21)14(8-13)19(22,23)24/h2-8H,9H2,1H3. The van der Waals surface area contributed by atoms with E-state index in [1.54, 1.807) is 31.2 Å². The molecule has 31 heavy (non-hydrogen) atoms. The van der Waals surface area contributed by atoms with Gasteiger partial charge in [-0.25, -0.2) is 0 Å². The van der Waals surface area contributed by atoms with E-state index in [9.17, 15) is 13.2 Å². The van der Waals surface area contributed by atoms with Crippen LogP contribution in [0.1, 0.15) is 17.3 Å². The molecule has 2 aromatic heterocycles. The van der Waals surface area contributed by atoms with Gasteiger partial charge < -0.3 is 4.52 Å². The van der Waals surface area contributed by atoms with Crippen molar-refractivity contribution in [2.45, 2.75) is 24.0 Å². The summed E-state index contributed by atoms with van der Waals surface area (Å²) < 4.78 is 46.8. The molecule has 0 aliphatic heterocycles. The van der Waals surface area contributed by atoms with E-state index in [0.717, 1.165) is 6.07 Å². The van der Waals surface area contributed by atoms with E-state index < -0.39 is 16.8 Å². The summed E-state index contributed by atoms with van der Waals surface area (Å²) in [5, 5.41) is 12.6. The van der Waals surface area contributed by atoms with Crippen LogP contribution in [0.15, 0.2) is 52.1 Å². The van der Waals surface area contributed by atoms with Crippen molar-refractivity contribution in [3.8, 4) is 17.1 Å². The Morgan fingerprint density at radius 1 is 1.10 bits per heavy atom. The molecule has 0 saturated carbocycles. The second-order valence-electron chi connectivity index (χ2n) is 6.33. The van der Waals surface area contributed by atoms with Gasteiger partial charge in [-0.05, 0) is 30.3 Å². The SMILES string of the molecule is Cc1nc(CSc2nnc(-c3cccc(Cl)c3)n2-c2ccc(Cl)c(C(F)(F)F)c2)no1. The van der Waals surface area contributed by atoms with Gasteiger partial charge in [-0.1, -0.05) is 52.3 Å². The lowest BCUT2D eigenvalue weighted by Gasteiger charge is -2.14. The van der Waals surface area contributed by atoms with Crippen molar-refractivity contribution in [2.24, 2.45) is 0 Å². The molecule has 6 nitrogen and oxygen atoms in total. The van der Waals surface area contributed by atoms with E-state index in [1.165, 1.54) is 28.5 Å². The Hall–Kier alpha value is -2.56. The molecule has 0 N–H and O–H groups in total. The van der Waals surface area contributed by atoms with Crippen LogP contribution >= 0.6 is 35.0 Å². The lowest BCUT2D eigenvalue weighted by Crippen LogP contribution is -2.08. The highest BCUT2D eigenvalue weighted by Gasteiger charge is 2.34. The zero-order chi connectivity index (χ0) is 22.2. The smallest absolute Gasteiger partial charge is 0.340 e. The Kier molecular flexibility index (Phi) is 5.96. The zero-order valence-electron chi connectivity index (χ0n) is 15.7. The molecule has 0 fully saturated rings. The number of thioether (sulfide) groups is 1. The minimum atomic E-state index is -4.62. The van der Waals surface area contributed by atoms with Gasteiger partial charge in [0.15, 0.2) is 16.8 Å². The monoisotopic (exact) mass is 485 g/mol. The summed E-state index contributed by atoms with van der Waals surface area (Å²) in [6.45, 7) is 1.66. The maximum atomic E-state index is 13.4. The fraction of sp³-hybridized carbons (Fsp3) is 0.158. The number of nitrogens with zero attached hydrogens (tertiary/aromatic N) is 5. The van der Waals surface area contributed by atoms with Gasteiger partial charge in [-0.3, -0.25) is 4.57 Å². The Labute approximate surface area is 188 Å². The quantitative estimate of drug-likeness (QED) is 0.311. The van der Waals surface area contributed by atoms with Gasteiger partial charge in [0.05, 0.1) is 22.0 Å². The van der Waals surface area contributed by atoms with Gasteiger partial charge in [-0.15, -0.1) is 10.2 Å². The van der Waals surface area contributed by atoms with Gasteiger partial charge in [0, 0.05) is 17.5 Å². The van der Waals surface area contributed by atoms with E-state index in [-0.39, 0.29) is 11.4 Å². The summed E-state index contributed by atoms with van der Waals surface area (Å²) in [5.41, 5.74) is -0.170. The predicted octanol–water partition coefficient (Wildman–Crippen LogP) is 6.24. The fourth-order valence-corrected chi connectivity index (χ4v) is 4.02. The minimum Gasteiger partial charge on any atom is -0.340 e. The van der Waals surface area contributed by atoms with Gasteiger partial charge in [-0.2, -0.15) is 18.2 Å². The molecule has 0 atom stereocenters. The highest BCUT2D eigenvalue weighted by molar-refractivity contribution is 7.98. The number of hydrogen-bond donors (Lipinski definition) is 0. The minimum absolute atomic E-state index is 0.198. The Balaban J connectivity index is 1.82.